The number of nitrogens with two attached hydrogens (primary N) is 1. The first kappa shape index (κ1) is 18.7. The number of aryl methyl sites for hydroxylation is 1. The standard InChI is InChI=1S/C18H16N6O4S/c1-10-9-20-17(22-11-3-2-4-13(7-11)29(19,26)27)24-16(10)21-12-5-6-15-14(8-12)23-18(25)28-15/h2-9H,1H3,(H,23,25)(H2,19,26,27)(H2,20,21,22,24). The van der Waals surface area contributed by atoms with Crippen molar-refractivity contribution in [2.24, 2.45) is 5.14 Å². The SMILES string of the molecule is Cc1cnc(Nc2cccc(S(N)(=O)=O)c2)nc1Nc1ccc2oc(=O)[nH]c2c1. The molecule has 0 atom stereocenters. The fraction of sp³-hybridized carbons (Fsp3) is 0.0556. The van der Waals surface area contributed by atoms with E-state index in [1.54, 1.807) is 36.5 Å². The number of sulfonamides is 1. The van der Waals surface area contributed by atoms with Crippen LogP contribution in [0.2, 0.25) is 0 Å². The van der Waals surface area contributed by atoms with Crippen molar-refractivity contribution in [3.8, 4) is 0 Å². The van der Waals surface area contributed by atoms with Crippen LogP contribution in [0.5, 0.6) is 0 Å². The van der Waals surface area contributed by atoms with Crippen LogP contribution in [0.3, 0.4) is 0 Å². The molecular weight excluding hydrogens is 396 g/mol. The molecule has 0 unspecified atom stereocenters. The van der Waals surface area contributed by atoms with E-state index in [-0.39, 0.29) is 10.8 Å². The van der Waals surface area contributed by atoms with Crippen LogP contribution >= 0.6 is 0 Å². The van der Waals surface area contributed by atoms with Crippen molar-refractivity contribution in [1.29, 1.82) is 0 Å². The third-order valence-electron chi connectivity index (χ3n) is 4.07. The zero-order valence-corrected chi connectivity index (χ0v) is 15.9. The van der Waals surface area contributed by atoms with Crippen LogP contribution in [0.25, 0.3) is 11.1 Å². The Hall–Kier alpha value is -3.70. The van der Waals surface area contributed by atoms with Gasteiger partial charge in [0.1, 0.15) is 5.82 Å². The number of aromatic nitrogens is 3. The van der Waals surface area contributed by atoms with Crippen molar-refractivity contribution in [3.05, 3.63) is 64.8 Å². The van der Waals surface area contributed by atoms with Gasteiger partial charge in [0.15, 0.2) is 5.58 Å². The van der Waals surface area contributed by atoms with Gasteiger partial charge < -0.3 is 15.1 Å². The summed E-state index contributed by atoms with van der Waals surface area (Å²) in [5.74, 6) is 0.279. The minimum atomic E-state index is -3.82. The predicted molar refractivity (Wildman–Crippen MR) is 108 cm³/mol. The normalized spacial score (nSPS) is 11.5. The van der Waals surface area contributed by atoms with Crippen LogP contribution in [-0.2, 0) is 10.0 Å². The summed E-state index contributed by atoms with van der Waals surface area (Å²) < 4.78 is 28.0. The summed E-state index contributed by atoms with van der Waals surface area (Å²) in [6.45, 7) is 1.84. The lowest BCUT2D eigenvalue weighted by molar-refractivity contribution is 0.555. The maximum absolute atomic E-state index is 11.5. The molecule has 2 aromatic heterocycles. The predicted octanol–water partition coefficient (Wildman–Crippen LogP) is 2.35. The lowest BCUT2D eigenvalue weighted by atomic mass is 10.2. The average molecular weight is 412 g/mol. The van der Waals surface area contributed by atoms with Gasteiger partial charge in [-0.05, 0) is 43.3 Å². The lowest BCUT2D eigenvalue weighted by Crippen LogP contribution is -2.12. The minimum Gasteiger partial charge on any atom is -0.408 e. The van der Waals surface area contributed by atoms with Crippen LogP contribution in [0.1, 0.15) is 5.56 Å². The largest absolute Gasteiger partial charge is 0.417 e. The first-order valence-corrected chi connectivity index (χ1v) is 9.96. The molecule has 0 aliphatic rings. The van der Waals surface area contributed by atoms with Gasteiger partial charge in [-0.25, -0.2) is 23.3 Å². The molecule has 5 N–H and O–H groups in total. The van der Waals surface area contributed by atoms with Crippen molar-refractivity contribution in [1.82, 2.24) is 15.0 Å². The number of fused-ring (bicyclic) bond motifs is 1. The molecule has 0 spiro atoms. The molecule has 11 heteroatoms. The molecule has 10 nitrogen and oxygen atoms in total. The van der Waals surface area contributed by atoms with Gasteiger partial charge in [-0.2, -0.15) is 4.98 Å². The van der Waals surface area contributed by atoms with E-state index < -0.39 is 15.8 Å². The molecule has 4 rings (SSSR count). The highest BCUT2D eigenvalue weighted by Gasteiger charge is 2.10. The summed E-state index contributed by atoms with van der Waals surface area (Å²) in [5.41, 5.74) is 2.97. The average Bonchev–Trinajstić information content (AvgIpc) is 3.03. The Bertz CT molecular complexity index is 1380. The number of hydrogen-bond donors (Lipinski definition) is 4. The molecule has 29 heavy (non-hydrogen) atoms. The summed E-state index contributed by atoms with van der Waals surface area (Å²) in [6, 6.07) is 11.2. The van der Waals surface area contributed by atoms with Crippen molar-refractivity contribution < 1.29 is 12.8 Å². The van der Waals surface area contributed by atoms with E-state index in [1.807, 2.05) is 6.92 Å². The zero-order valence-electron chi connectivity index (χ0n) is 15.1. The summed E-state index contributed by atoms with van der Waals surface area (Å²) in [4.78, 5) is 22.5. The van der Waals surface area contributed by atoms with E-state index in [9.17, 15) is 13.2 Å². The Balaban J connectivity index is 1.61. The number of aromatic amines is 1. The van der Waals surface area contributed by atoms with E-state index in [1.165, 1.54) is 12.1 Å². The molecule has 0 bridgehead atoms. The summed E-state index contributed by atoms with van der Waals surface area (Å²) in [6.07, 6.45) is 1.62. The summed E-state index contributed by atoms with van der Waals surface area (Å²) >= 11 is 0. The van der Waals surface area contributed by atoms with Crippen LogP contribution < -0.4 is 21.5 Å². The first-order valence-electron chi connectivity index (χ1n) is 8.41. The fourth-order valence-electron chi connectivity index (χ4n) is 2.68. The van der Waals surface area contributed by atoms with Crippen molar-refractivity contribution in [2.75, 3.05) is 10.6 Å². The monoisotopic (exact) mass is 412 g/mol. The van der Waals surface area contributed by atoms with E-state index in [0.29, 0.717) is 28.3 Å². The lowest BCUT2D eigenvalue weighted by Gasteiger charge is -2.11. The Morgan fingerprint density at radius 2 is 1.90 bits per heavy atom. The van der Waals surface area contributed by atoms with Gasteiger partial charge >= 0.3 is 5.76 Å². The number of oxazole rings is 1. The Kier molecular flexibility index (Phi) is 4.53. The number of hydrogen-bond acceptors (Lipinski definition) is 8. The van der Waals surface area contributed by atoms with Gasteiger partial charge in [-0.1, -0.05) is 6.07 Å². The molecule has 0 saturated heterocycles. The van der Waals surface area contributed by atoms with Crippen molar-refractivity contribution >= 4 is 44.3 Å². The maximum Gasteiger partial charge on any atom is 0.417 e. The molecule has 4 aromatic rings. The molecule has 0 radical (unpaired) electrons. The third-order valence-corrected chi connectivity index (χ3v) is 4.98. The van der Waals surface area contributed by atoms with Crippen molar-refractivity contribution in [2.45, 2.75) is 11.8 Å². The number of nitrogens with one attached hydrogen (secondary N) is 3. The van der Waals surface area contributed by atoms with Crippen LogP contribution in [0, 0.1) is 6.92 Å². The van der Waals surface area contributed by atoms with E-state index >= 15 is 0 Å². The fourth-order valence-corrected chi connectivity index (χ4v) is 3.23. The number of rotatable bonds is 5. The molecule has 148 valence electrons. The van der Waals surface area contributed by atoms with Crippen LogP contribution in [0.15, 0.2) is 62.8 Å². The molecule has 0 aliphatic carbocycles. The van der Waals surface area contributed by atoms with Gasteiger partial charge in [0.05, 0.1) is 10.4 Å². The summed E-state index contributed by atoms with van der Waals surface area (Å²) in [5, 5.41) is 11.3. The zero-order chi connectivity index (χ0) is 20.6. The molecule has 0 fully saturated rings. The second-order valence-corrected chi connectivity index (χ2v) is 7.83. The molecule has 0 amide bonds. The maximum atomic E-state index is 11.5. The van der Waals surface area contributed by atoms with Gasteiger partial charge in [0.2, 0.25) is 16.0 Å². The Labute approximate surface area is 164 Å². The van der Waals surface area contributed by atoms with Gasteiger partial charge in [-0.15, -0.1) is 0 Å². The number of anilines is 4. The number of H-pyrrole nitrogens is 1. The second-order valence-electron chi connectivity index (χ2n) is 6.27. The highest BCUT2D eigenvalue weighted by atomic mass is 32.2. The van der Waals surface area contributed by atoms with Gasteiger partial charge in [0, 0.05) is 23.1 Å². The third kappa shape index (κ3) is 4.10. The smallest absolute Gasteiger partial charge is 0.408 e. The second kappa shape index (κ2) is 7.04. The van der Waals surface area contributed by atoms with E-state index in [2.05, 4.69) is 25.6 Å². The van der Waals surface area contributed by atoms with Crippen LogP contribution in [0.4, 0.5) is 23.1 Å². The van der Waals surface area contributed by atoms with Gasteiger partial charge in [0.25, 0.3) is 0 Å². The van der Waals surface area contributed by atoms with Crippen molar-refractivity contribution in [3.63, 3.8) is 0 Å². The first-order chi connectivity index (χ1) is 13.8. The summed E-state index contributed by atoms with van der Waals surface area (Å²) in [7, 11) is -3.82. The number of benzene rings is 2. The van der Waals surface area contributed by atoms with E-state index in [4.69, 9.17) is 9.56 Å². The Morgan fingerprint density at radius 1 is 1.10 bits per heavy atom. The molecule has 0 saturated carbocycles. The molecule has 0 aliphatic heterocycles. The van der Waals surface area contributed by atoms with Crippen LogP contribution in [-0.4, -0.2) is 23.4 Å². The topological polar surface area (TPSA) is 156 Å². The minimum absolute atomic E-state index is 0.0182. The molecular formula is C18H16N6O4S. The number of nitrogens with zero attached hydrogens (tertiary/aromatic N) is 2. The highest BCUT2D eigenvalue weighted by molar-refractivity contribution is 7.89. The highest BCUT2D eigenvalue weighted by Crippen LogP contribution is 2.23. The van der Waals surface area contributed by atoms with Gasteiger partial charge in [-0.3, -0.25) is 4.98 Å². The Morgan fingerprint density at radius 3 is 2.69 bits per heavy atom. The van der Waals surface area contributed by atoms with E-state index in [0.717, 1.165) is 5.56 Å². The molecule has 2 aromatic carbocycles. The quantitative estimate of drug-likeness (QED) is 0.389. The number of primary sulfonamides is 1. The molecule has 2 heterocycles.